The van der Waals surface area contributed by atoms with Crippen LogP contribution < -0.4 is 5.32 Å². The smallest absolute Gasteiger partial charge is 0.0567 e. The lowest BCUT2D eigenvalue weighted by Gasteiger charge is -2.32. The minimum Gasteiger partial charge on any atom is -0.660 e. The molecule has 3 heteroatoms. The fourth-order valence-electron chi connectivity index (χ4n) is 0.782. The van der Waals surface area contributed by atoms with Gasteiger partial charge in [-0.05, 0) is 6.54 Å². The molecule has 1 atom stereocenters. The van der Waals surface area contributed by atoms with Crippen LogP contribution in [0.5, 0.6) is 0 Å². The van der Waals surface area contributed by atoms with Crippen molar-refractivity contribution >= 4 is 0 Å². The van der Waals surface area contributed by atoms with E-state index < -0.39 is 0 Å². The molecule has 2 N–H and O–H groups in total. The summed E-state index contributed by atoms with van der Waals surface area (Å²) in [6.45, 7) is 2.81. The van der Waals surface area contributed by atoms with Crippen LogP contribution in [0.25, 0.3) is 5.32 Å². The van der Waals surface area contributed by atoms with Gasteiger partial charge < -0.3 is 15.7 Å². The van der Waals surface area contributed by atoms with Gasteiger partial charge in [-0.25, -0.2) is 0 Å². The molecule has 0 aromatic carbocycles. The van der Waals surface area contributed by atoms with E-state index in [4.69, 9.17) is 5.11 Å². The summed E-state index contributed by atoms with van der Waals surface area (Å²) in [5.74, 6) is 0. The van der Waals surface area contributed by atoms with Crippen molar-refractivity contribution in [2.24, 2.45) is 0 Å². The summed E-state index contributed by atoms with van der Waals surface area (Å²) in [6, 6.07) is 0.226. The third-order valence-corrected chi connectivity index (χ3v) is 1.27. The predicted octanol–water partition coefficient (Wildman–Crippen LogP) is -0.676. The van der Waals surface area contributed by atoms with Crippen molar-refractivity contribution in [1.82, 2.24) is 5.32 Å². The third-order valence-electron chi connectivity index (χ3n) is 1.27. The van der Waals surface area contributed by atoms with Gasteiger partial charge in [-0.2, -0.15) is 0 Å². The first-order valence-electron chi connectivity index (χ1n) is 2.91. The quantitative estimate of drug-likeness (QED) is 0.476. The van der Waals surface area contributed by atoms with Crippen LogP contribution in [0.1, 0.15) is 0 Å². The van der Waals surface area contributed by atoms with E-state index in [1.54, 1.807) is 0 Å². The van der Waals surface area contributed by atoms with E-state index in [1.807, 2.05) is 0 Å². The number of nitrogens with one attached hydrogen (secondary N) is 1. The van der Waals surface area contributed by atoms with Crippen molar-refractivity contribution in [3.8, 4) is 0 Å². The summed E-state index contributed by atoms with van der Waals surface area (Å²) in [6.07, 6.45) is 0. The maximum Gasteiger partial charge on any atom is 0.0567 e. The normalized spacial score (nSPS) is 30.4. The van der Waals surface area contributed by atoms with E-state index in [9.17, 15) is 0 Å². The van der Waals surface area contributed by atoms with Gasteiger partial charge in [0, 0.05) is 6.04 Å². The molecule has 0 unspecified atom stereocenters. The van der Waals surface area contributed by atoms with E-state index >= 15 is 0 Å². The molecule has 0 aromatic heterocycles. The lowest BCUT2D eigenvalue weighted by molar-refractivity contribution is 0.245. The van der Waals surface area contributed by atoms with Gasteiger partial charge in [0.2, 0.25) is 0 Å². The Hall–Kier alpha value is -0.120. The van der Waals surface area contributed by atoms with Crippen LogP contribution in [-0.4, -0.2) is 37.4 Å². The van der Waals surface area contributed by atoms with Crippen molar-refractivity contribution in [2.45, 2.75) is 6.04 Å². The topological polar surface area (TPSA) is 46.4 Å². The molecule has 0 radical (unpaired) electrons. The molecule has 1 heterocycles. The van der Waals surface area contributed by atoms with E-state index in [2.05, 4.69) is 10.6 Å². The minimum absolute atomic E-state index is 0.212. The Morgan fingerprint density at radius 1 is 1.75 bits per heavy atom. The molecule has 1 fully saturated rings. The van der Waals surface area contributed by atoms with Gasteiger partial charge in [0.25, 0.3) is 0 Å². The van der Waals surface area contributed by atoms with Crippen LogP contribution in [0.3, 0.4) is 0 Å². The Bertz CT molecular complexity index is 61.4. The summed E-state index contributed by atoms with van der Waals surface area (Å²) >= 11 is 0. The van der Waals surface area contributed by atoms with Crippen LogP contribution in [-0.2, 0) is 0 Å². The van der Waals surface area contributed by atoms with Gasteiger partial charge in [-0.15, -0.1) is 13.1 Å². The number of aliphatic hydroxyl groups is 1. The van der Waals surface area contributed by atoms with Crippen LogP contribution in [0.2, 0.25) is 0 Å². The Kier molecular flexibility index (Phi) is 2.27. The number of aliphatic hydroxyl groups excluding tert-OH is 1. The molecule has 0 bridgehead atoms. The number of piperazine rings is 1. The largest absolute Gasteiger partial charge is 0.660 e. The van der Waals surface area contributed by atoms with Crippen molar-refractivity contribution in [3.63, 3.8) is 0 Å². The molecule has 1 aliphatic heterocycles. The van der Waals surface area contributed by atoms with Gasteiger partial charge in [0.15, 0.2) is 0 Å². The van der Waals surface area contributed by atoms with Gasteiger partial charge in [0.1, 0.15) is 0 Å². The van der Waals surface area contributed by atoms with Crippen LogP contribution in [0.4, 0.5) is 0 Å². The second-order valence-corrected chi connectivity index (χ2v) is 1.96. The maximum absolute atomic E-state index is 8.57. The molecule has 0 spiro atoms. The average Bonchev–Trinajstić information content (AvgIpc) is 1.90. The molecule has 0 aliphatic carbocycles. The summed E-state index contributed by atoms with van der Waals surface area (Å²) in [5.41, 5.74) is 0. The molecule has 1 aliphatic rings. The first-order valence-corrected chi connectivity index (χ1v) is 2.91. The summed E-state index contributed by atoms with van der Waals surface area (Å²) < 4.78 is 0. The monoisotopic (exact) mass is 115 g/mol. The SMILES string of the molecule is OC[C@@H]1C[N-]CCN1. The summed E-state index contributed by atoms with van der Waals surface area (Å²) in [7, 11) is 0. The number of hydrogen-bond donors (Lipinski definition) is 2. The lowest BCUT2D eigenvalue weighted by Crippen LogP contribution is -2.41. The van der Waals surface area contributed by atoms with E-state index in [-0.39, 0.29) is 12.6 Å². The first kappa shape index (κ1) is 6.01. The molecular weight excluding hydrogens is 104 g/mol. The zero-order chi connectivity index (χ0) is 5.82. The van der Waals surface area contributed by atoms with E-state index in [0.717, 1.165) is 19.6 Å². The molecule has 3 nitrogen and oxygen atoms in total. The lowest BCUT2D eigenvalue weighted by atomic mass is 10.2. The molecule has 8 heavy (non-hydrogen) atoms. The Labute approximate surface area is 49.1 Å². The Balaban J connectivity index is 2.13. The highest BCUT2D eigenvalue weighted by Gasteiger charge is 2.01. The van der Waals surface area contributed by atoms with Crippen LogP contribution in [0.15, 0.2) is 0 Å². The maximum atomic E-state index is 8.57. The summed E-state index contributed by atoms with van der Waals surface area (Å²) in [4.78, 5) is 0. The van der Waals surface area contributed by atoms with Gasteiger partial charge in [0.05, 0.1) is 6.61 Å². The zero-order valence-corrected chi connectivity index (χ0v) is 4.80. The average molecular weight is 115 g/mol. The molecule has 1 rings (SSSR count). The number of nitrogens with zero attached hydrogens (tertiary/aromatic N) is 1. The van der Waals surface area contributed by atoms with Crippen molar-refractivity contribution in [3.05, 3.63) is 5.32 Å². The Morgan fingerprint density at radius 3 is 3.00 bits per heavy atom. The second kappa shape index (κ2) is 3.02. The number of rotatable bonds is 1. The Morgan fingerprint density at radius 2 is 2.62 bits per heavy atom. The third kappa shape index (κ3) is 1.43. The highest BCUT2D eigenvalue weighted by molar-refractivity contribution is 4.92. The fraction of sp³-hybridized carbons (Fsp3) is 1.00. The first-order chi connectivity index (χ1) is 3.93. The molecule has 0 aromatic rings. The standard InChI is InChI=1S/C5H11N2O/c8-4-5-3-6-1-2-7-5/h5,7-8H,1-4H2/q-1/t5-/m0/s1. The molecule has 1 saturated heterocycles. The predicted molar refractivity (Wildman–Crippen MR) is 32.0 cm³/mol. The van der Waals surface area contributed by atoms with Gasteiger partial charge >= 0.3 is 0 Å². The molecule has 0 amide bonds. The molecule has 48 valence electrons. The highest BCUT2D eigenvalue weighted by Crippen LogP contribution is 1.96. The van der Waals surface area contributed by atoms with Crippen molar-refractivity contribution in [2.75, 3.05) is 26.2 Å². The molecule has 0 saturated carbocycles. The van der Waals surface area contributed by atoms with Crippen LogP contribution in [0, 0.1) is 0 Å². The molecular formula is C5H11N2O-. The second-order valence-electron chi connectivity index (χ2n) is 1.96. The summed E-state index contributed by atoms with van der Waals surface area (Å²) in [5, 5.41) is 15.8. The van der Waals surface area contributed by atoms with Gasteiger partial charge in [-0.3, -0.25) is 0 Å². The van der Waals surface area contributed by atoms with E-state index in [1.165, 1.54) is 0 Å². The minimum atomic E-state index is 0.212. The van der Waals surface area contributed by atoms with Crippen molar-refractivity contribution < 1.29 is 5.11 Å². The number of hydrogen-bond acceptors (Lipinski definition) is 2. The van der Waals surface area contributed by atoms with Crippen molar-refractivity contribution in [1.29, 1.82) is 0 Å². The highest BCUT2D eigenvalue weighted by atomic mass is 16.3. The zero-order valence-electron chi connectivity index (χ0n) is 4.80. The van der Waals surface area contributed by atoms with Crippen LogP contribution >= 0.6 is 0 Å². The van der Waals surface area contributed by atoms with Gasteiger partial charge in [-0.1, -0.05) is 0 Å². The fourth-order valence-corrected chi connectivity index (χ4v) is 0.782. The van der Waals surface area contributed by atoms with E-state index in [0.29, 0.717) is 0 Å².